The molecule has 0 aromatic carbocycles. The van der Waals surface area contributed by atoms with Crippen molar-refractivity contribution in [2.45, 2.75) is 40.5 Å². The first kappa shape index (κ1) is 13.4. The van der Waals surface area contributed by atoms with E-state index in [0.717, 1.165) is 13.0 Å². The van der Waals surface area contributed by atoms with Crippen LogP contribution in [0.25, 0.3) is 0 Å². The Hall–Kier alpha value is -0.570. The van der Waals surface area contributed by atoms with Gasteiger partial charge in [-0.25, -0.2) is 0 Å². The average molecular weight is 200 g/mol. The average Bonchev–Trinajstić information content (AvgIpc) is 1.98. The maximum Gasteiger partial charge on any atom is 0.220 e. The molecule has 3 heteroatoms. The maximum absolute atomic E-state index is 11.4. The van der Waals surface area contributed by atoms with Crippen LogP contribution in [0.15, 0.2) is 0 Å². The van der Waals surface area contributed by atoms with Gasteiger partial charge in [-0.2, -0.15) is 0 Å². The Morgan fingerprint density at radius 1 is 1.43 bits per heavy atom. The van der Waals surface area contributed by atoms with Crippen molar-refractivity contribution in [2.75, 3.05) is 13.1 Å². The molecule has 84 valence electrons. The van der Waals surface area contributed by atoms with Crippen LogP contribution in [0.4, 0.5) is 0 Å². The summed E-state index contributed by atoms with van der Waals surface area (Å²) in [5.41, 5.74) is 5.50. The quantitative estimate of drug-likeness (QED) is 0.707. The van der Waals surface area contributed by atoms with Crippen molar-refractivity contribution in [3.05, 3.63) is 0 Å². The third-order valence-corrected chi connectivity index (χ3v) is 2.00. The Bertz CT molecular complexity index is 173. The molecule has 1 atom stereocenters. The highest BCUT2D eigenvalue weighted by atomic mass is 16.1. The van der Waals surface area contributed by atoms with Gasteiger partial charge in [-0.3, -0.25) is 4.79 Å². The topological polar surface area (TPSA) is 55.1 Å². The standard InChI is InChI=1S/C11H24N2O/c1-9(5-6-12)8-13-10(14)7-11(2,3)4/h9H,5-8,12H2,1-4H3,(H,13,14). The number of rotatable bonds is 5. The van der Waals surface area contributed by atoms with Gasteiger partial charge in [0.25, 0.3) is 0 Å². The molecule has 0 aromatic heterocycles. The summed E-state index contributed by atoms with van der Waals surface area (Å²) >= 11 is 0. The van der Waals surface area contributed by atoms with E-state index < -0.39 is 0 Å². The van der Waals surface area contributed by atoms with E-state index in [4.69, 9.17) is 5.73 Å². The minimum absolute atomic E-state index is 0.0706. The fraction of sp³-hybridized carbons (Fsp3) is 0.909. The molecule has 0 aliphatic carbocycles. The molecular weight excluding hydrogens is 176 g/mol. The molecule has 0 aromatic rings. The van der Waals surface area contributed by atoms with E-state index >= 15 is 0 Å². The zero-order chi connectivity index (χ0) is 11.2. The van der Waals surface area contributed by atoms with E-state index in [1.165, 1.54) is 0 Å². The van der Waals surface area contributed by atoms with E-state index in [9.17, 15) is 4.79 Å². The van der Waals surface area contributed by atoms with E-state index in [1.807, 2.05) is 0 Å². The Morgan fingerprint density at radius 2 is 2.00 bits per heavy atom. The summed E-state index contributed by atoms with van der Waals surface area (Å²) in [6, 6.07) is 0. The van der Waals surface area contributed by atoms with Crippen molar-refractivity contribution in [3.63, 3.8) is 0 Å². The first-order chi connectivity index (χ1) is 6.35. The molecule has 0 spiro atoms. The van der Waals surface area contributed by atoms with Crippen LogP contribution in [0.3, 0.4) is 0 Å². The Kier molecular flexibility index (Phi) is 5.77. The number of nitrogens with one attached hydrogen (secondary N) is 1. The molecule has 3 nitrogen and oxygen atoms in total. The van der Waals surface area contributed by atoms with Gasteiger partial charge in [0.1, 0.15) is 0 Å². The summed E-state index contributed by atoms with van der Waals surface area (Å²) in [5.74, 6) is 0.616. The summed E-state index contributed by atoms with van der Waals surface area (Å²) in [7, 11) is 0. The predicted molar refractivity (Wildman–Crippen MR) is 59.9 cm³/mol. The lowest BCUT2D eigenvalue weighted by Crippen LogP contribution is -2.31. The molecule has 3 N–H and O–H groups in total. The highest BCUT2D eigenvalue weighted by Gasteiger charge is 2.15. The second-order valence-corrected chi connectivity index (χ2v) is 5.22. The fourth-order valence-corrected chi connectivity index (χ4v) is 1.22. The van der Waals surface area contributed by atoms with E-state index in [2.05, 4.69) is 33.0 Å². The molecule has 0 bridgehead atoms. The molecule has 0 heterocycles. The minimum Gasteiger partial charge on any atom is -0.356 e. The molecular formula is C11H24N2O. The number of hydrogen-bond acceptors (Lipinski definition) is 2. The van der Waals surface area contributed by atoms with E-state index in [0.29, 0.717) is 18.9 Å². The zero-order valence-corrected chi connectivity index (χ0v) is 9.89. The number of nitrogens with two attached hydrogens (primary N) is 1. The molecule has 0 saturated carbocycles. The maximum atomic E-state index is 11.4. The number of hydrogen-bond donors (Lipinski definition) is 2. The molecule has 0 rings (SSSR count). The molecule has 0 aliphatic rings. The molecule has 1 unspecified atom stereocenters. The van der Waals surface area contributed by atoms with E-state index in [-0.39, 0.29) is 11.3 Å². The van der Waals surface area contributed by atoms with Crippen molar-refractivity contribution < 1.29 is 4.79 Å². The summed E-state index contributed by atoms with van der Waals surface area (Å²) in [5, 5.41) is 2.93. The summed E-state index contributed by atoms with van der Waals surface area (Å²) < 4.78 is 0. The highest BCUT2D eigenvalue weighted by molar-refractivity contribution is 5.76. The third-order valence-electron chi connectivity index (χ3n) is 2.00. The SMILES string of the molecule is CC(CCN)CNC(=O)CC(C)(C)C. The zero-order valence-electron chi connectivity index (χ0n) is 9.89. The summed E-state index contributed by atoms with van der Waals surface area (Å²) in [6.45, 7) is 9.73. The van der Waals surface area contributed by atoms with Gasteiger partial charge in [0, 0.05) is 13.0 Å². The van der Waals surface area contributed by atoms with Gasteiger partial charge in [0.2, 0.25) is 5.91 Å². The van der Waals surface area contributed by atoms with Crippen LogP contribution in [0.2, 0.25) is 0 Å². The number of amides is 1. The smallest absolute Gasteiger partial charge is 0.220 e. The highest BCUT2D eigenvalue weighted by Crippen LogP contribution is 2.17. The first-order valence-corrected chi connectivity index (χ1v) is 5.32. The fourth-order valence-electron chi connectivity index (χ4n) is 1.22. The van der Waals surface area contributed by atoms with Crippen molar-refractivity contribution in [3.8, 4) is 0 Å². The van der Waals surface area contributed by atoms with Gasteiger partial charge in [0.05, 0.1) is 0 Å². The van der Waals surface area contributed by atoms with Crippen LogP contribution >= 0.6 is 0 Å². The third kappa shape index (κ3) is 8.05. The lowest BCUT2D eigenvalue weighted by molar-refractivity contribution is -0.122. The monoisotopic (exact) mass is 200 g/mol. The Labute approximate surface area is 87.4 Å². The Morgan fingerprint density at radius 3 is 2.43 bits per heavy atom. The predicted octanol–water partition coefficient (Wildman–Crippen LogP) is 1.52. The molecule has 14 heavy (non-hydrogen) atoms. The van der Waals surface area contributed by atoms with Crippen LogP contribution in [0.1, 0.15) is 40.5 Å². The largest absolute Gasteiger partial charge is 0.356 e. The molecule has 1 amide bonds. The van der Waals surface area contributed by atoms with Crippen LogP contribution in [0, 0.1) is 11.3 Å². The van der Waals surface area contributed by atoms with Gasteiger partial charge in [-0.1, -0.05) is 27.7 Å². The second-order valence-electron chi connectivity index (χ2n) is 5.22. The number of carbonyl (C=O) groups excluding carboxylic acids is 1. The van der Waals surface area contributed by atoms with E-state index in [1.54, 1.807) is 0 Å². The summed E-state index contributed by atoms with van der Waals surface area (Å²) in [6.07, 6.45) is 1.55. The van der Waals surface area contributed by atoms with Crippen LogP contribution in [0.5, 0.6) is 0 Å². The van der Waals surface area contributed by atoms with Crippen LogP contribution in [-0.4, -0.2) is 19.0 Å². The molecule has 0 fully saturated rings. The van der Waals surface area contributed by atoms with Gasteiger partial charge in [-0.15, -0.1) is 0 Å². The second kappa shape index (κ2) is 6.02. The van der Waals surface area contributed by atoms with Gasteiger partial charge < -0.3 is 11.1 Å². The number of carbonyl (C=O) groups is 1. The normalized spacial score (nSPS) is 13.8. The van der Waals surface area contributed by atoms with Crippen molar-refractivity contribution in [1.29, 1.82) is 0 Å². The lowest BCUT2D eigenvalue weighted by atomic mass is 9.92. The summed E-state index contributed by atoms with van der Waals surface area (Å²) in [4.78, 5) is 11.4. The van der Waals surface area contributed by atoms with Crippen molar-refractivity contribution in [1.82, 2.24) is 5.32 Å². The first-order valence-electron chi connectivity index (χ1n) is 5.32. The van der Waals surface area contributed by atoms with Crippen molar-refractivity contribution in [2.24, 2.45) is 17.1 Å². The van der Waals surface area contributed by atoms with Crippen molar-refractivity contribution >= 4 is 5.91 Å². The molecule has 0 saturated heterocycles. The lowest BCUT2D eigenvalue weighted by Gasteiger charge is -2.18. The van der Waals surface area contributed by atoms with Gasteiger partial charge in [0.15, 0.2) is 0 Å². The van der Waals surface area contributed by atoms with Crippen LogP contribution in [-0.2, 0) is 4.79 Å². The molecule has 0 radical (unpaired) electrons. The molecule has 0 aliphatic heterocycles. The van der Waals surface area contributed by atoms with Gasteiger partial charge in [-0.05, 0) is 24.3 Å². The van der Waals surface area contributed by atoms with Gasteiger partial charge >= 0.3 is 0 Å². The Balaban J connectivity index is 3.64. The van der Waals surface area contributed by atoms with Crippen LogP contribution < -0.4 is 11.1 Å². The minimum atomic E-state index is 0.0706.